The van der Waals surface area contributed by atoms with Gasteiger partial charge in [0.1, 0.15) is 13.2 Å². The van der Waals surface area contributed by atoms with E-state index in [1.807, 2.05) is 0 Å². The van der Waals surface area contributed by atoms with Crippen LogP contribution in [0.2, 0.25) is 5.02 Å². The van der Waals surface area contributed by atoms with Crippen molar-refractivity contribution in [1.29, 1.82) is 0 Å². The van der Waals surface area contributed by atoms with Crippen molar-refractivity contribution in [3.63, 3.8) is 0 Å². The van der Waals surface area contributed by atoms with Gasteiger partial charge in [-0.1, -0.05) is 11.6 Å². The molecule has 19 heavy (non-hydrogen) atoms. The molecule has 6 nitrogen and oxygen atoms in total. The molecule has 3 N–H and O–H groups in total. The van der Waals surface area contributed by atoms with Gasteiger partial charge in [0.15, 0.2) is 17.8 Å². The predicted octanol–water partition coefficient (Wildman–Crippen LogP) is 1.40. The fourth-order valence-electron chi connectivity index (χ4n) is 1.90. The van der Waals surface area contributed by atoms with E-state index in [0.29, 0.717) is 30.8 Å². The summed E-state index contributed by atoms with van der Waals surface area (Å²) in [6.07, 6.45) is 0.301. The number of fused-ring (bicyclic) bond motifs is 1. The highest BCUT2D eigenvalue weighted by Gasteiger charge is 2.26. The van der Waals surface area contributed by atoms with E-state index in [0.717, 1.165) is 0 Å². The lowest BCUT2D eigenvalue weighted by Gasteiger charge is -2.25. The quantitative estimate of drug-likeness (QED) is 0.811. The normalized spacial score (nSPS) is 14.8. The lowest BCUT2D eigenvalue weighted by molar-refractivity contribution is -0.137. The van der Waals surface area contributed by atoms with Crippen LogP contribution in [-0.4, -0.2) is 30.6 Å². The number of hydrogen-bond acceptors (Lipinski definition) is 5. The molecule has 1 aromatic rings. The van der Waals surface area contributed by atoms with Crippen LogP contribution in [0.4, 0.5) is 0 Å². The van der Waals surface area contributed by atoms with E-state index in [2.05, 4.69) is 0 Å². The summed E-state index contributed by atoms with van der Waals surface area (Å²) in [4.78, 5) is 21.7. The number of nitrogens with two attached hydrogens (primary N) is 1. The lowest BCUT2D eigenvalue weighted by Crippen LogP contribution is -2.22. The summed E-state index contributed by atoms with van der Waals surface area (Å²) < 4.78 is 10.8. The first-order valence-corrected chi connectivity index (χ1v) is 5.97. The maximum Gasteiger partial charge on any atom is 0.305 e. The summed E-state index contributed by atoms with van der Waals surface area (Å²) in [6.45, 7) is 0.599. The minimum Gasteiger partial charge on any atom is -0.486 e. The van der Waals surface area contributed by atoms with Crippen molar-refractivity contribution in [2.75, 3.05) is 13.2 Å². The van der Waals surface area contributed by atoms with Crippen molar-refractivity contribution in [3.05, 3.63) is 22.2 Å². The third kappa shape index (κ3) is 2.64. The molecule has 1 heterocycles. The minimum absolute atomic E-state index is 0.162. The third-order valence-electron chi connectivity index (χ3n) is 2.74. The second-order valence-electron chi connectivity index (χ2n) is 4.04. The monoisotopic (exact) mass is 285 g/mol. The van der Waals surface area contributed by atoms with Gasteiger partial charge in [-0.3, -0.25) is 9.59 Å². The van der Waals surface area contributed by atoms with Crippen LogP contribution < -0.4 is 15.2 Å². The summed E-state index contributed by atoms with van der Waals surface area (Å²) in [5.74, 6) is -0.510. The topological polar surface area (TPSA) is 98.9 Å². The van der Waals surface area contributed by atoms with Crippen LogP contribution >= 0.6 is 11.6 Å². The molecule has 7 heteroatoms. The Morgan fingerprint density at radius 3 is 2.68 bits per heavy atom. The van der Waals surface area contributed by atoms with E-state index in [1.54, 1.807) is 0 Å². The number of aliphatic carboxylic acids is 1. The Labute approximate surface area is 114 Å². The van der Waals surface area contributed by atoms with Crippen LogP contribution in [0.15, 0.2) is 6.07 Å². The zero-order chi connectivity index (χ0) is 14.0. The number of rotatable bonds is 4. The van der Waals surface area contributed by atoms with Crippen LogP contribution in [0, 0.1) is 0 Å². The molecule has 0 aliphatic carbocycles. The standard InChI is InChI=1S/C12H12ClNO5/c13-8-3-6(9(14)4-10(16)17)11-12(7(8)5-15)19-2-1-18-11/h3,5,9H,1-2,4,14H2,(H,16,17). The molecule has 0 bridgehead atoms. The highest BCUT2D eigenvalue weighted by atomic mass is 35.5. The van der Waals surface area contributed by atoms with Crippen molar-refractivity contribution < 1.29 is 24.2 Å². The highest BCUT2D eigenvalue weighted by Crippen LogP contribution is 2.42. The Kier molecular flexibility index (Phi) is 3.92. The molecule has 1 aliphatic rings. The molecule has 0 amide bonds. The molecule has 0 spiro atoms. The molecule has 0 aromatic heterocycles. The molecule has 1 aromatic carbocycles. The van der Waals surface area contributed by atoms with Crippen molar-refractivity contribution in [2.45, 2.75) is 12.5 Å². The van der Waals surface area contributed by atoms with Crippen molar-refractivity contribution in [2.24, 2.45) is 5.73 Å². The van der Waals surface area contributed by atoms with Gasteiger partial charge in [-0.2, -0.15) is 0 Å². The van der Waals surface area contributed by atoms with E-state index in [4.69, 9.17) is 31.9 Å². The number of carboxylic acid groups (broad SMARTS) is 1. The molecule has 0 fully saturated rings. The number of hydrogen-bond donors (Lipinski definition) is 2. The van der Waals surface area contributed by atoms with E-state index in [9.17, 15) is 9.59 Å². The SMILES string of the molecule is NC(CC(=O)O)c1cc(Cl)c(C=O)c2c1OCCO2. The second-order valence-corrected chi connectivity index (χ2v) is 4.45. The first kappa shape index (κ1) is 13.6. The Morgan fingerprint density at radius 1 is 1.47 bits per heavy atom. The fraction of sp³-hybridized carbons (Fsp3) is 0.333. The summed E-state index contributed by atoms with van der Waals surface area (Å²) in [5.41, 5.74) is 6.42. The van der Waals surface area contributed by atoms with Crippen LogP contribution in [-0.2, 0) is 4.79 Å². The zero-order valence-electron chi connectivity index (χ0n) is 9.89. The first-order valence-electron chi connectivity index (χ1n) is 5.59. The Hall–Kier alpha value is -1.79. The van der Waals surface area contributed by atoms with Crippen molar-refractivity contribution >= 4 is 23.9 Å². The van der Waals surface area contributed by atoms with Gasteiger partial charge in [0.25, 0.3) is 0 Å². The van der Waals surface area contributed by atoms with Gasteiger partial charge in [-0.15, -0.1) is 0 Å². The van der Waals surface area contributed by atoms with Gasteiger partial charge in [-0.25, -0.2) is 0 Å². The van der Waals surface area contributed by atoms with Gasteiger partial charge < -0.3 is 20.3 Å². The fourth-order valence-corrected chi connectivity index (χ4v) is 2.15. The molecule has 1 atom stereocenters. The number of benzene rings is 1. The number of aldehydes is 1. The third-order valence-corrected chi connectivity index (χ3v) is 3.05. The van der Waals surface area contributed by atoms with Gasteiger partial charge in [0, 0.05) is 11.6 Å². The second kappa shape index (κ2) is 5.46. The van der Waals surface area contributed by atoms with E-state index >= 15 is 0 Å². The van der Waals surface area contributed by atoms with Gasteiger partial charge in [0.05, 0.1) is 17.0 Å². The Balaban J connectivity index is 2.52. The van der Waals surface area contributed by atoms with Crippen LogP contribution in [0.1, 0.15) is 28.4 Å². The Bertz CT molecular complexity index is 531. The molecule has 0 saturated carbocycles. The number of ether oxygens (including phenoxy) is 2. The molecule has 2 rings (SSSR count). The van der Waals surface area contributed by atoms with Crippen LogP contribution in [0.5, 0.6) is 11.5 Å². The zero-order valence-corrected chi connectivity index (χ0v) is 10.6. The highest BCUT2D eigenvalue weighted by molar-refractivity contribution is 6.33. The van der Waals surface area contributed by atoms with Gasteiger partial charge in [0.2, 0.25) is 0 Å². The average molecular weight is 286 g/mol. The summed E-state index contributed by atoms with van der Waals surface area (Å²) in [6, 6.07) is 0.665. The van der Waals surface area contributed by atoms with E-state index < -0.39 is 12.0 Å². The maximum atomic E-state index is 11.0. The number of carbonyl (C=O) groups is 2. The first-order chi connectivity index (χ1) is 9.04. The molecular weight excluding hydrogens is 274 g/mol. The number of halogens is 1. The average Bonchev–Trinajstić information content (AvgIpc) is 2.37. The largest absolute Gasteiger partial charge is 0.486 e. The predicted molar refractivity (Wildman–Crippen MR) is 67.0 cm³/mol. The molecule has 102 valence electrons. The van der Waals surface area contributed by atoms with Crippen LogP contribution in [0.25, 0.3) is 0 Å². The molecule has 1 aliphatic heterocycles. The molecule has 1 unspecified atom stereocenters. The van der Waals surface area contributed by atoms with E-state index in [-0.39, 0.29) is 22.8 Å². The number of carbonyl (C=O) groups excluding carboxylic acids is 1. The summed E-state index contributed by atoms with van der Waals surface area (Å²) in [5, 5.41) is 8.94. The van der Waals surface area contributed by atoms with E-state index in [1.165, 1.54) is 6.07 Å². The molecule has 0 saturated heterocycles. The van der Waals surface area contributed by atoms with Crippen molar-refractivity contribution in [3.8, 4) is 11.5 Å². The van der Waals surface area contributed by atoms with Gasteiger partial charge >= 0.3 is 5.97 Å². The molecular formula is C12H12ClNO5. The minimum atomic E-state index is -1.03. The summed E-state index contributed by atoms with van der Waals surface area (Å²) in [7, 11) is 0. The lowest BCUT2D eigenvalue weighted by atomic mass is 10.00. The number of carboxylic acids is 1. The molecule has 0 radical (unpaired) electrons. The Morgan fingerprint density at radius 2 is 2.11 bits per heavy atom. The summed E-state index contributed by atoms with van der Waals surface area (Å²) >= 11 is 5.98. The maximum absolute atomic E-state index is 11.0. The van der Waals surface area contributed by atoms with Gasteiger partial charge in [-0.05, 0) is 6.07 Å². The smallest absolute Gasteiger partial charge is 0.305 e. The van der Waals surface area contributed by atoms with Crippen molar-refractivity contribution in [1.82, 2.24) is 0 Å². The van der Waals surface area contributed by atoms with Crippen LogP contribution in [0.3, 0.4) is 0 Å².